The Kier molecular flexibility index (Phi) is 8.90. The van der Waals surface area contributed by atoms with Crippen LogP contribution in [0.1, 0.15) is 45.2 Å². The van der Waals surface area contributed by atoms with Crippen molar-refractivity contribution in [1.29, 1.82) is 0 Å². The van der Waals surface area contributed by atoms with Crippen molar-refractivity contribution in [3.63, 3.8) is 0 Å². The van der Waals surface area contributed by atoms with Crippen LogP contribution in [-0.2, 0) is 17.7 Å². The second kappa shape index (κ2) is 10.2. The summed E-state index contributed by atoms with van der Waals surface area (Å²) >= 11 is 6.24. The van der Waals surface area contributed by atoms with Crippen molar-refractivity contribution >= 4 is 11.6 Å². The van der Waals surface area contributed by atoms with Crippen LogP contribution in [0.3, 0.4) is 0 Å². The van der Waals surface area contributed by atoms with Gasteiger partial charge in [-0.3, -0.25) is 4.68 Å². The zero-order chi connectivity index (χ0) is 14.8. The predicted molar refractivity (Wildman–Crippen MR) is 84.4 cm³/mol. The quantitative estimate of drug-likeness (QED) is 0.682. The lowest BCUT2D eigenvalue weighted by molar-refractivity contribution is 0.182. The van der Waals surface area contributed by atoms with E-state index in [-0.39, 0.29) is 0 Å². The number of aromatic nitrogens is 2. The first-order chi connectivity index (χ1) is 9.72. The number of ether oxygens (including phenoxy) is 1. The first-order valence-corrected chi connectivity index (χ1v) is 8.03. The molecule has 0 saturated carbocycles. The molecule has 5 heteroatoms. The van der Waals surface area contributed by atoms with Gasteiger partial charge in [-0.15, -0.1) is 0 Å². The number of rotatable bonds is 11. The smallest absolute Gasteiger partial charge is 0.0817 e. The van der Waals surface area contributed by atoms with Crippen molar-refractivity contribution in [3.05, 3.63) is 16.9 Å². The van der Waals surface area contributed by atoms with Gasteiger partial charge in [0.05, 0.1) is 30.1 Å². The normalized spacial score (nSPS) is 12.8. The lowest BCUT2D eigenvalue weighted by Gasteiger charge is -2.18. The third-order valence-corrected chi connectivity index (χ3v) is 3.77. The molecule has 0 radical (unpaired) electrons. The molecule has 1 N–H and O–H groups in total. The van der Waals surface area contributed by atoms with Crippen molar-refractivity contribution < 1.29 is 4.74 Å². The van der Waals surface area contributed by atoms with Gasteiger partial charge in [0.2, 0.25) is 0 Å². The van der Waals surface area contributed by atoms with Gasteiger partial charge < -0.3 is 10.1 Å². The van der Waals surface area contributed by atoms with Crippen molar-refractivity contribution in [2.75, 3.05) is 20.3 Å². The Hall–Kier alpha value is -0.580. The molecule has 0 bridgehead atoms. The Labute approximate surface area is 127 Å². The van der Waals surface area contributed by atoms with Crippen LogP contribution in [0.25, 0.3) is 0 Å². The van der Waals surface area contributed by atoms with Gasteiger partial charge in [-0.25, -0.2) is 0 Å². The zero-order valence-corrected chi connectivity index (χ0v) is 13.7. The molecule has 0 fully saturated rings. The standard InChI is InChI=1S/C15H28ClN3O/c1-4-6-13(17-9-5-2)7-8-15-14(16)12-18-19(15)10-11-20-3/h12-13,17H,4-11H2,1-3H3. The van der Waals surface area contributed by atoms with Gasteiger partial charge in [0, 0.05) is 13.2 Å². The summed E-state index contributed by atoms with van der Waals surface area (Å²) in [4.78, 5) is 0. The Bertz CT molecular complexity index is 368. The summed E-state index contributed by atoms with van der Waals surface area (Å²) in [5.74, 6) is 0. The lowest BCUT2D eigenvalue weighted by atomic mass is 10.0. The highest BCUT2D eigenvalue weighted by molar-refractivity contribution is 6.31. The molecular weight excluding hydrogens is 274 g/mol. The number of nitrogens with one attached hydrogen (secondary N) is 1. The summed E-state index contributed by atoms with van der Waals surface area (Å²) in [5, 5.41) is 8.71. The second-order valence-electron chi connectivity index (χ2n) is 5.13. The SMILES string of the molecule is CCCNC(CCC)CCc1c(Cl)cnn1CCOC. The monoisotopic (exact) mass is 301 g/mol. The van der Waals surface area contributed by atoms with Crippen LogP contribution in [0.4, 0.5) is 0 Å². The van der Waals surface area contributed by atoms with E-state index < -0.39 is 0 Å². The van der Waals surface area contributed by atoms with Crippen LogP contribution in [-0.4, -0.2) is 36.1 Å². The summed E-state index contributed by atoms with van der Waals surface area (Å²) in [7, 11) is 1.71. The average Bonchev–Trinajstić information content (AvgIpc) is 2.80. The van der Waals surface area contributed by atoms with E-state index in [4.69, 9.17) is 16.3 Å². The largest absolute Gasteiger partial charge is 0.383 e. The van der Waals surface area contributed by atoms with E-state index in [1.807, 2.05) is 4.68 Å². The van der Waals surface area contributed by atoms with Crippen molar-refractivity contribution in [2.24, 2.45) is 0 Å². The maximum Gasteiger partial charge on any atom is 0.0817 e. The van der Waals surface area contributed by atoms with E-state index in [1.165, 1.54) is 19.3 Å². The molecule has 0 aliphatic rings. The highest BCUT2D eigenvalue weighted by Crippen LogP contribution is 2.18. The van der Waals surface area contributed by atoms with Crippen molar-refractivity contribution in [2.45, 2.75) is 58.5 Å². The van der Waals surface area contributed by atoms with E-state index in [9.17, 15) is 0 Å². The summed E-state index contributed by atoms with van der Waals surface area (Å²) < 4.78 is 7.08. The Morgan fingerprint density at radius 3 is 2.80 bits per heavy atom. The highest BCUT2D eigenvalue weighted by Gasteiger charge is 2.12. The molecule has 1 aromatic heterocycles. The predicted octanol–water partition coefficient (Wildman–Crippen LogP) is 3.28. The van der Waals surface area contributed by atoms with Gasteiger partial charge in [0.15, 0.2) is 0 Å². The van der Waals surface area contributed by atoms with Gasteiger partial charge >= 0.3 is 0 Å². The number of nitrogens with zero attached hydrogens (tertiary/aromatic N) is 2. The van der Waals surface area contributed by atoms with Crippen LogP contribution >= 0.6 is 11.6 Å². The van der Waals surface area contributed by atoms with Crippen LogP contribution in [0.2, 0.25) is 5.02 Å². The van der Waals surface area contributed by atoms with Crippen LogP contribution in [0.5, 0.6) is 0 Å². The van der Waals surface area contributed by atoms with Gasteiger partial charge in [0.25, 0.3) is 0 Å². The Balaban J connectivity index is 2.54. The molecular formula is C15H28ClN3O. The lowest BCUT2D eigenvalue weighted by Crippen LogP contribution is -2.30. The molecule has 0 aromatic carbocycles. The first kappa shape index (κ1) is 17.5. The van der Waals surface area contributed by atoms with Gasteiger partial charge in [-0.2, -0.15) is 5.10 Å². The first-order valence-electron chi connectivity index (χ1n) is 7.65. The fraction of sp³-hybridized carbons (Fsp3) is 0.800. The van der Waals surface area contributed by atoms with Gasteiger partial charge in [-0.1, -0.05) is 31.9 Å². The number of methoxy groups -OCH3 is 1. The minimum atomic E-state index is 0.571. The number of hydrogen-bond donors (Lipinski definition) is 1. The molecule has 0 amide bonds. The summed E-state index contributed by atoms with van der Waals surface area (Å²) in [6.07, 6.45) is 7.39. The molecule has 1 atom stereocenters. The van der Waals surface area contributed by atoms with Crippen molar-refractivity contribution in [3.8, 4) is 0 Å². The summed E-state index contributed by atoms with van der Waals surface area (Å²) in [6.45, 7) is 6.95. The molecule has 4 nitrogen and oxygen atoms in total. The third kappa shape index (κ3) is 5.81. The molecule has 1 aromatic rings. The Morgan fingerprint density at radius 1 is 1.35 bits per heavy atom. The summed E-state index contributed by atoms with van der Waals surface area (Å²) in [5.41, 5.74) is 1.13. The molecule has 0 saturated heterocycles. The van der Waals surface area contributed by atoms with E-state index in [0.717, 1.165) is 36.6 Å². The summed E-state index contributed by atoms with van der Waals surface area (Å²) in [6, 6.07) is 0.571. The second-order valence-corrected chi connectivity index (χ2v) is 5.54. The molecule has 116 valence electrons. The third-order valence-electron chi connectivity index (χ3n) is 3.45. The fourth-order valence-electron chi connectivity index (χ4n) is 2.36. The van der Waals surface area contributed by atoms with E-state index in [1.54, 1.807) is 13.3 Å². The molecule has 20 heavy (non-hydrogen) atoms. The number of hydrogen-bond acceptors (Lipinski definition) is 3. The minimum Gasteiger partial charge on any atom is -0.383 e. The Morgan fingerprint density at radius 2 is 2.15 bits per heavy atom. The molecule has 0 aliphatic heterocycles. The molecule has 0 spiro atoms. The number of halogens is 1. The van der Waals surface area contributed by atoms with E-state index in [2.05, 4.69) is 24.3 Å². The van der Waals surface area contributed by atoms with Gasteiger partial charge in [-0.05, 0) is 32.2 Å². The van der Waals surface area contributed by atoms with E-state index >= 15 is 0 Å². The van der Waals surface area contributed by atoms with Crippen molar-refractivity contribution in [1.82, 2.24) is 15.1 Å². The average molecular weight is 302 g/mol. The maximum absolute atomic E-state index is 6.24. The molecule has 1 unspecified atom stereocenters. The molecule has 0 aliphatic carbocycles. The zero-order valence-electron chi connectivity index (χ0n) is 13.0. The molecule has 1 rings (SSSR count). The van der Waals surface area contributed by atoms with Crippen LogP contribution < -0.4 is 5.32 Å². The minimum absolute atomic E-state index is 0.571. The molecule has 1 heterocycles. The van der Waals surface area contributed by atoms with E-state index in [0.29, 0.717) is 12.6 Å². The topological polar surface area (TPSA) is 39.1 Å². The maximum atomic E-state index is 6.24. The highest BCUT2D eigenvalue weighted by atomic mass is 35.5. The van der Waals surface area contributed by atoms with Crippen LogP contribution in [0.15, 0.2) is 6.20 Å². The fourth-order valence-corrected chi connectivity index (χ4v) is 2.60. The van der Waals surface area contributed by atoms with Crippen LogP contribution in [0, 0.1) is 0 Å². The van der Waals surface area contributed by atoms with Gasteiger partial charge in [0.1, 0.15) is 0 Å².